The summed E-state index contributed by atoms with van der Waals surface area (Å²) in [5.74, 6) is -1.97. The Hall–Kier alpha value is -1.89. The molecule has 6 atom stereocenters. The molecule has 3 N–H and O–H groups in total. The molecule has 0 bridgehead atoms. The fourth-order valence-corrected chi connectivity index (χ4v) is 5.08. The summed E-state index contributed by atoms with van der Waals surface area (Å²) in [6.45, 7) is 6.44. The lowest BCUT2D eigenvalue weighted by atomic mass is 9.68. The summed E-state index contributed by atoms with van der Waals surface area (Å²) in [5, 5.41) is 15.6. The maximum absolute atomic E-state index is 13.6. The molecule has 0 spiro atoms. The van der Waals surface area contributed by atoms with Gasteiger partial charge in [0, 0.05) is 19.5 Å². The van der Waals surface area contributed by atoms with Crippen LogP contribution in [0, 0.1) is 23.7 Å². The van der Waals surface area contributed by atoms with Gasteiger partial charge in [-0.15, -0.1) is 0 Å². The van der Waals surface area contributed by atoms with Crippen LogP contribution in [-0.4, -0.2) is 60.0 Å². The van der Waals surface area contributed by atoms with Gasteiger partial charge in [-0.05, 0) is 25.2 Å². The van der Waals surface area contributed by atoms with Crippen LogP contribution >= 0.6 is 0 Å². The zero-order valence-electron chi connectivity index (χ0n) is 18.9. The minimum absolute atomic E-state index is 0.0254. The maximum atomic E-state index is 13.6. The highest BCUT2D eigenvalue weighted by molar-refractivity contribution is 5.97. The van der Waals surface area contributed by atoms with Gasteiger partial charge in [0.05, 0.1) is 24.5 Å². The molecular formula is C23H39N3O4. The van der Waals surface area contributed by atoms with Crippen LogP contribution in [0.25, 0.3) is 0 Å². The second-order valence-corrected chi connectivity index (χ2v) is 8.51. The topological polar surface area (TPSA) is 98.7 Å². The SMILES string of the molecule is CCCCCNC(=O)[C@@H]1[C@H]2C=C[C@@H](CCC)[C@@H](C(=O)NC)[C@H]2C(=O)N1[C@@H](CC)CO. The maximum Gasteiger partial charge on any atom is 0.243 e. The number of hydrogen-bond acceptors (Lipinski definition) is 4. The van der Waals surface area contributed by atoms with Crippen LogP contribution in [0.1, 0.15) is 59.3 Å². The van der Waals surface area contributed by atoms with Crippen molar-refractivity contribution in [1.29, 1.82) is 0 Å². The van der Waals surface area contributed by atoms with Crippen LogP contribution < -0.4 is 10.6 Å². The molecule has 1 fully saturated rings. The third-order valence-electron chi connectivity index (χ3n) is 6.64. The van der Waals surface area contributed by atoms with Crippen LogP contribution in [0.4, 0.5) is 0 Å². The average Bonchev–Trinajstić information content (AvgIpc) is 3.04. The van der Waals surface area contributed by atoms with Gasteiger partial charge in [0.15, 0.2) is 0 Å². The minimum atomic E-state index is -0.688. The molecule has 1 heterocycles. The second kappa shape index (κ2) is 11.5. The van der Waals surface area contributed by atoms with Crippen LogP contribution in [-0.2, 0) is 14.4 Å². The van der Waals surface area contributed by atoms with Crippen molar-refractivity contribution in [1.82, 2.24) is 15.5 Å². The van der Waals surface area contributed by atoms with Crippen molar-refractivity contribution >= 4 is 17.7 Å². The summed E-state index contributed by atoms with van der Waals surface area (Å²) >= 11 is 0. The lowest BCUT2D eigenvalue weighted by molar-refractivity contribution is -0.143. The molecular weight excluding hydrogens is 382 g/mol. The highest BCUT2D eigenvalue weighted by Crippen LogP contribution is 2.46. The van der Waals surface area contributed by atoms with Crippen molar-refractivity contribution in [2.45, 2.75) is 71.4 Å². The molecule has 0 unspecified atom stereocenters. The Morgan fingerprint density at radius 3 is 2.43 bits per heavy atom. The Morgan fingerprint density at radius 2 is 1.87 bits per heavy atom. The van der Waals surface area contributed by atoms with Gasteiger partial charge in [-0.2, -0.15) is 0 Å². The second-order valence-electron chi connectivity index (χ2n) is 8.51. The highest BCUT2D eigenvalue weighted by Gasteiger charge is 2.58. The van der Waals surface area contributed by atoms with E-state index in [2.05, 4.69) is 24.5 Å². The first-order chi connectivity index (χ1) is 14.5. The number of nitrogens with zero attached hydrogens (tertiary/aromatic N) is 1. The van der Waals surface area contributed by atoms with Crippen LogP contribution in [0.5, 0.6) is 0 Å². The van der Waals surface area contributed by atoms with Gasteiger partial charge in [0.2, 0.25) is 17.7 Å². The predicted octanol–water partition coefficient (Wildman–Crippen LogP) is 1.86. The van der Waals surface area contributed by atoms with Crippen molar-refractivity contribution in [3.63, 3.8) is 0 Å². The molecule has 2 rings (SSSR count). The average molecular weight is 422 g/mol. The fraction of sp³-hybridized carbons (Fsp3) is 0.783. The van der Waals surface area contributed by atoms with Gasteiger partial charge in [-0.1, -0.05) is 52.2 Å². The first kappa shape index (κ1) is 24.4. The quantitative estimate of drug-likeness (QED) is 0.350. The van der Waals surface area contributed by atoms with Gasteiger partial charge < -0.3 is 20.6 Å². The van der Waals surface area contributed by atoms with E-state index >= 15 is 0 Å². The highest BCUT2D eigenvalue weighted by atomic mass is 16.3. The van der Waals surface area contributed by atoms with Crippen molar-refractivity contribution in [3.8, 4) is 0 Å². The molecule has 3 amide bonds. The Labute approximate surface area is 180 Å². The molecule has 1 saturated heterocycles. The number of unbranched alkanes of at least 4 members (excludes halogenated alkanes) is 2. The van der Waals surface area contributed by atoms with Crippen molar-refractivity contribution in [2.75, 3.05) is 20.2 Å². The standard InChI is InChI=1S/C23H39N3O4/c1-5-8-9-13-25-22(29)20-17-12-11-15(10-6-2)18(21(28)24-4)19(17)23(30)26(20)16(7-3)14-27/h11-12,15-20,27H,5-10,13-14H2,1-4H3,(H,24,28)(H,25,29)/t15-,16+,17+,18-,19+,20+/m1/s1. The summed E-state index contributed by atoms with van der Waals surface area (Å²) in [5.41, 5.74) is 0. The summed E-state index contributed by atoms with van der Waals surface area (Å²) in [6.07, 6.45) is 9.26. The van der Waals surface area contributed by atoms with Crippen molar-refractivity contribution in [3.05, 3.63) is 12.2 Å². The number of amides is 3. The molecule has 0 radical (unpaired) electrons. The van der Waals surface area contributed by atoms with E-state index in [0.29, 0.717) is 13.0 Å². The van der Waals surface area contributed by atoms with E-state index in [1.807, 2.05) is 19.1 Å². The van der Waals surface area contributed by atoms with E-state index in [0.717, 1.165) is 32.1 Å². The molecule has 170 valence electrons. The largest absolute Gasteiger partial charge is 0.394 e. The van der Waals surface area contributed by atoms with E-state index in [1.54, 1.807) is 11.9 Å². The molecule has 30 heavy (non-hydrogen) atoms. The number of likely N-dealkylation sites (tertiary alicyclic amines) is 1. The molecule has 0 aromatic rings. The smallest absolute Gasteiger partial charge is 0.243 e. The van der Waals surface area contributed by atoms with Gasteiger partial charge >= 0.3 is 0 Å². The molecule has 7 nitrogen and oxygen atoms in total. The first-order valence-electron chi connectivity index (χ1n) is 11.6. The Kier molecular flexibility index (Phi) is 9.34. The number of aliphatic hydroxyl groups excluding tert-OH is 1. The van der Waals surface area contributed by atoms with E-state index in [9.17, 15) is 19.5 Å². The lowest BCUT2D eigenvalue weighted by Gasteiger charge is -2.34. The predicted molar refractivity (Wildman–Crippen MR) is 116 cm³/mol. The van der Waals surface area contributed by atoms with Crippen LogP contribution in [0.3, 0.4) is 0 Å². The monoisotopic (exact) mass is 421 g/mol. The summed E-state index contributed by atoms with van der Waals surface area (Å²) in [6, 6.07) is -1.12. The van der Waals surface area contributed by atoms with E-state index in [-0.39, 0.29) is 36.2 Å². The lowest BCUT2D eigenvalue weighted by Crippen LogP contribution is -2.52. The zero-order chi connectivity index (χ0) is 22.3. The third kappa shape index (κ3) is 4.88. The summed E-state index contributed by atoms with van der Waals surface area (Å²) in [7, 11) is 1.59. The fourth-order valence-electron chi connectivity index (χ4n) is 5.08. The van der Waals surface area contributed by atoms with Crippen LogP contribution in [0.15, 0.2) is 12.2 Å². The van der Waals surface area contributed by atoms with Gasteiger partial charge in [0.1, 0.15) is 6.04 Å². The van der Waals surface area contributed by atoms with E-state index < -0.39 is 23.9 Å². The Balaban J connectivity index is 2.40. The molecule has 1 aliphatic heterocycles. The number of fused-ring (bicyclic) bond motifs is 1. The number of carbonyl (C=O) groups is 3. The number of aliphatic hydroxyl groups is 1. The zero-order valence-corrected chi connectivity index (χ0v) is 18.9. The summed E-state index contributed by atoms with van der Waals surface area (Å²) in [4.78, 5) is 41.2. The molecule has 0 aromatic carbocycles. The number of hydrogen-bond donors (Lipinski definition) is 3. The Morgan fingerprint density at radius 1 is 1.13 bits per heavy atom. The molecule has 1 aliphatic carbocycles. The molecule has 7 heteroatoms. The number of rotatable bonds is 11. The third-order valence-corrected chi connectivity index (χ3v) is 6.64. The number of nitrogens with one attached hydrogen (secondary N) is 2. The number of allylic oxidation sites excluding steroid dienone is 1. The first-order valence-corrected chi connectivity index (χ1v) is 11.6. The van der Waals surface area contributed by atoms with Gasteiger partial charge in [0.25, 0.3) is 0 Å². The molecule has 0 aromatic heterocycles. The van der Waals surface area contributed by atoms with Crippen molar-refractivity contribution in [2.24, 2.45) is 23.7 Å². The minimum Gasteiger partial charge on any atom is -0.394 e. The Bertz CT molecular complexity index is 632. The number of carbonyl (C=O) groups excluding carboxylic acids is 3. The molecule has 0 saturated carbocycles. The van der Waals surface area contributed by atoms with Crippen LogP contribution in [0.2, 0.25) is 0 Å². The van der Waals surface area contributed by atoms with E-state index in [1.165, 1.54) is 0 Å². The van der Waals surface area contributed by atoms with Gasteiger partial charge in [-0.3, -0.25) is 14.4 Å². The summed E-state index contributed by atoms with van der Waals surface area (Å²) < 4.78 is 0. The van der Waals surface area contributed by atoms with Crippen molar-refractivity contribution < 1.29 is 19.5 Å². The normalized spacial score (nSPS) is 28.9. The molecule has 2 aliphatic rings. The van der Waals surface area contributed by atoms with Gasteiger partial charge in [-0.25, -0.2) is 0 Å². The van der Waals surface area contributed by atoms with E-state index in [4.69, 9.17) is 0 Å².